The SMILES string of the molecule is Nc1ccc(Nc2c(F)cc(Br)cc2F)cc1. The van der Waals surface area contributed by atoms with Gasteiger partial charge in [-0.1, -0.05) is 15.9 Å². The van der Waals surface area contributed by atoms with E-state index in [0.29, 0.717) is 15.8 Å². The van der Waals surface area contributed by atoms with Gasteiger partial charge in [-0.2, -0.15) is 0 Å². The van der Waals surface area contributed by atoms with Crippen LogP contribution in [0.5, 0.6) is 0 Å². The van der Waals surface area contributed by atoms with Gasteiger partial charge >= 0.3 is 0 Å². The largest absolute Gasteiger partial charge is 0.399 e. The van der Waals surface area contributed by atoms with Crippen molar-refractivity contribution < 1.29 is 8.78 Å². The highest BCUT2D eigenvalue weighted by molar-refractivity contribution is 9.10. The lowest BCUT2D eigenvalue weighted by molar-refractivity contribution is 0.589. The first kappa shape index (κ1) is 11.9. The third-order valence-electron chi connectivity index (χ3n) is 2.19. The predicted molar refractivity (Wildman–Crippen MR) is 68.2 cm³/mol. The number of hydrogen-bond acceptors (Lipinski definition) is 2. The molecular formula is C12H9BrF2N2. The second-order valence-corrected chi connectivity index (χ2v) is 4.41. The smallest absolute Gasteiger partial charge is 0.150 e. The first-order valence-corrected chi connectivity index (χ1v) is 5.62. The van der Waals surface area contributed by atoms with Crippen LogP contribution in [0.1, 0.15) is 0 Å². The first-order valence-electron chi connectivity index (χ1n) is 4.83. The Morgan fingerprint density at radius 3 is 2.06 bits per heavy atom. The number of nitrogens with two attached hydrogens (primary N) is 1. The number of nitrogen functional groups attached to an aromatic ring is 1. The molecule has 0 aliphatic carbocycles. The maximum atomic E-state index is 13.5. The summed E-state index contributed by atoms with van der Waals surface area (Å²) in [6.45, 7) is 0. The van der Waals surface area contributed by atoms with E-state index in [2.05, 4.69) is 21.2 Å². The summed E-state index contributed by atoms with van der Waals surface area (Å²) in [5, 5.41) is 2.67. The molecule has 0 amide bonds. The van der Waals surface area contributed by atoms with Crippen LogP contribution in [0.3, 0.4) is 0 Å². The van der Waals surface area contributed by atoms with E-state index in [1.165, 1.54) is 12.1 Å². The lowest BCUT2D eigenvalue weighted by Crippen LogP contribution is -1.98. The van der Waals surface area contributed by atoms with E-state index >= 15 is 0 Å². The van der Waals surface area contributed by atoms with Crippen molar-refractivity contribution in [1.82, 2.24) is 0 Å². The molecule has 2 nitrogen and oxygen atoms in total. The molecule has 0 heterocycles. The number of nitrogens with one attached hydrogen (secondary N) is 1. The van der Waals surface area contributed by atoms with E-state index in [1.807, 2.05) is 0 Å². The van der Waals surface area contributed by atoms with Crippen LogP contribution in [0.2, 0.25) is 0 Å². The minimum Gasteiger partial charge on any atom is -0.399 e. The molecule has 0 aliphatic heterocycles. The van der Waals surface area contributed by atoms with Gasteiger partial charge < -0.3 is 11.1 Å². The van der Waals surface area contributed by atoms with E-state index in [1.54, 1.807) is 24.3 Å². The first-order chi connectivity index (χ1) is 8.06. The van der Waals surface area contributed by atoms with E-state index < -0.39 is 11.6 Å². The molecule has 0 atom stereocenters. The Balaban J connectivity index is 2.33. The minimum atomic E-state index is -0.659. The highest BCUT2D eigenvalue weighted by Crippen LogP contribution is 2.27. The van der Waals surface area contributed by atoms with Crippen molar-refractivity contribution in [3.05, 3.63) is 52.5 Å². The minimum absolute atomic E-state index is 0.182. The molecule has 0 saturated heterocycles. The number of hydrogen-bond donors (Lipinski definition) is 2. The Kier molecular flexibility index (Phi) is 3.28. The van der Waals surface area contributed by atoms with Crippen LogP contribution in [-0.2, 0) is 0 Å². The fraction of sp³-hybridized carbons (Fsp3) is 0. The van der Waals surface area contributed by atoms with Gasteiger partial charge in [0.1, 0.15) is 5.69 Å². The summed E-state index contributed by atoms with van der Waals surface area (Å²) in [7, 11) is 0. The van der Waals surface area contributed by atoms with Crippen LogP contribution in [0.15, 0.2) is 40.9 Å². The summed E-state index contributed by atoms with van der Waals surface area (Å²) in [6, 6.07) is 8.99. The highest BCUT2D eigenvalue weighted by atomic mass is 79.9. The van der Waals surface area contributed by atoms with E-state index in [9.17, 15) is 8.78 Å². The molecule has 2 aromatic carbocycles. The van der Waals surface area contributed by atoms with Crippen molar-refractivity contribution in [2.45, 2.75) is 0 Å². The second kappa shape index (κ2) is 4.71. The van der Waals surface area contributed by atoms with Crippen molar-refractivity contribution in [2.75, 3.05) is 11.1 Å². The number of benzene rings is 2. The predicted octanol–water partition coefficient (Wildman–Crippen LogP) is 4.05. The summed E-state index contributed by atoms with van der Waals surface area (Å²) >= 11 is 3.02. The molecule has 0 aliphatic rings. The molecule has 0 bridgehead atoms. The number of rotatable bonds is 2. The normalized spacial score (nSPS) is 10.3. The zero-order chi connectivity index (χ0) is 12.4. The van der Waals surface area contributed by atoms with E-state index in [0.717, 1.165) is 0 Å². The molecule has 17 heavy (non-hydrogen) atoms. The number of anilines is 3. The maximum absolute atomic E-state index is 13.5. The van der Waals surface area contributed by atoms with Crippen LogP contribution in [0, 0.1) is 11.6 Å². The Morgan fingerprint density at radius 2 is 1.53 bits per heavy atom. The van der Waals surface area contributed by atoms with Crippen molar-refractivity contribution in [1.29, 1.82) is 0 Å². The average Bonchev–Trinajstić information content (AvgIpc) is 2.26. The molecule has 0 unspecified atom stereocenters. The van der Waals surface area contributed by atoms with Gasteiger partial charge in [0.2, 0.25) is 0 Å². The Labute approximate surface area is 106 Å². The Hall–Kier alpha value is -1.62. The Morgan fingerprint density at radius 1 is 1.00 bits per heavy atom. The summed E-state index contributed by atoms with van der Waals surface area (Å²) in [5.74, 6) is -1.32. The standard InChI is InChI=1S/C12H9BrF2N2/c13-7-5-10(14)12(11(15)6-7)17-9-3-1-8(16)2-4-9/h1-6,17H,16H2. The van der Waals surface area contributed by atoms with Crippen molar-refractivity contribution in [3.63, 3.8) is 0 Å². The third-order valence-corrected chi connectivity index (χ3v) is 2.64. The Bertz CT molecular complexity index is 518. The van der Waals surface area contributed by atoms with Crippen LogP contribution in [0.25, 0.3) is 0 Å². The molecule has 0 saturated carbocycles. The summed E-state index contributed by atoms with van der Waals surface area (Å²) < 4.78 is 27.4. The highest BCUT2D eigenvalue weighted by Gasteiger charge is 2.10. The van der Waals surface area contributed by atoms with Gasteiger partial charge in [-0.15, -0.1) is 0 Å². The van der Waals surface area contributed by atoms with Crippen LogP contribution in [0.4, 0.5) is 25.8 Å². The molecule has 2 aromatic rings. The molecule has 2 rings (SSSR count). The zero-order valence-electron chi connectivity index (χ0n) is 8.68. The molecule has 3 N–H and O–H groups in total. The van der Waals surface area contributed by atoms with Crippen molar-refractivity contribution in [2.24, 2.45) is 0 Å². The molecule has 0 fully saturated rings. The van der Waals surface area contributed by atoms with E-state index in [4.69, 9.17) is 5.73 Å². The molecule has 5 heteroatoms. The topological polar surface area (TPSA) is 38.0 Å². The molecule has 88 valence electrons. The summed E-state index contributed by atoms with van der Waals surface area (Å²) in [4.78, 5) is 0. The molecule has 0 aromatic heterocycles. The zero-order valence-corrected chi connectivity index (χ0v) is 10.3. The van der Waals surface area contributed by atoms with Crippen molar-refractivity contribution in [3.8, 4) is 0 Å². The van der Waals surface area contributed by atoms with Gasteiger partial charge in [-0.05, 0) is 36.4 Å². The van der Waals surface area contributed by atoms with Gasteiger partial charge in [0.15, 0.2) is 11.6 Å². The fourth-order valence-corrected chi connectivity index (χ4v) is 1.77. The molecule has 0 radical (unpaired) electrons. The summed E-state index contributed by atoms with van der Waals surface area (Å²) in [5.41, 5.74) is 6.49. The van der Waals surface area contributed by atoms with Gasteiger partial charge in [0.25, 0.3) is 0 Å². The van der Waals surface area contributed by atoms with Gasteiger partial charge in [0.05, 0.1) is 0 Å². The lowest BCUT2D eigenvalue weighted by Gasteiger charge is -2.09. The quantitative estimate of drug-likeness (QED) is 0.821. The number of halogens is 3. The van der Waals surface area contributed by atoms with Gasteiger partial charge in [-0.3, -0.25) is 0 Å². The van der Waals surface area contributed by atoms with Crippen LogP contribution in [-0.4, -0.2) is 0 Å². The van der Waals surface area contributed by atoms with Gasteiger partial charge in [-0.25, -0.2) is 8.78 Å². The lowest BCUT2D eigenvalue weighted by atomic mass is 10.2. The van der Waals surface area contributed by atoms with Crippen molar-refractivity contribution >= 4 is 33.0 Å². The van der Waals surface area contributed by atoms with Crippen LogP contribution < -0.4 is 11.1 Å². The summed E-state index contributed by atoms with van der Waals surface area (Å²) in [6.07, 6.45) is 0. The van der Waals surface area contributed by atoms with Gasteiger partial charge in [0, 0.05) is 15.8 Å². The second-order valence-electron chi connectivity index (χ2n) is 3.49. The monoisotopic (exact) mass is 298 g/mol. The third kappa shape index (κ3) is 2.74. The maximum Gasteiger partial charge on any atom is 0.150 e. The fourth-order valence-electron chi connectivity index (χ4n) is 1.37. The van der Waals surface area contributed by atoms with Crippen LogP contribution >= 0.6 is 15.9 Å². The average molecular weight is 299 g/mol. The molecular weight excluding hydrogens is 290 g/mol. The van der Waals surface area contributed by atoms with E-state index in [-0.39, 0.29) is 5.69 Å². The molecule has 0 spiro atoms.